The molecule has 2 amide bonds. The molecule has 9 nitrogen and oxygen atoms in total. The second-order valence-electron chi connectivity index (χ2n) is 3.83. The maximum absolute atomic E-state index is 11.9. The summed E-state index contributed by atoms with van der Waals surface area (Å²) in [5.41, 5.74) is 0. The summed E-state index contributed by atoms with van der Waals surface area (Å²) >= 11 is 0. The zero-order valence-electron chi connectivity index (χ0n) is 10.4. The number of carbonyl (C=O) groups is 3. The van der Waals surface area contributed by atoms with Gasteiger partial charge in [-0.1, -0.05) is 0 Å². The molecule has 0 aliphatic carbocycles. The Morgan fingerprint density at radius 2 is 2.21 bits per heavy atom. The first-order valence-corrected chi connectivity index (χ1v) is 5.57. The monoisotopic (exact) mass is 276 g/mol. The van der Waals surface area contributed by atoms with Crippen molar-refractivity contribution in [2.24, 2.45) is 0 Å². The number of methoxy groups -OCH3 is 1. The molecule has 0 aromatic rings. The van der Waals surface area contributed by atoms with Gasteiger partial charge in [0.25, 0.3) is 0 Å². The summed E-state index contributed by atoms with van der Waals surface area (Å²) in [7, 11) is 1.18. The van der Waals surface area contributed by atoms with Gasteiger partial charge >= 0.3 is 18.0 Å². The molecule has 0 saturated carbocycles. The van der Waals surface area contributed by atoms with Crippen molar-refractivity contribution in [2.75, 3.05) is 33.5 Å². The molecule has 3 N–H and O–H groups in total. The highest BCUT2D eigenvalue weighted by atomic mass is 16.5. The molecule has 0 aromatic carbocycles. The van der Waals surface area contributed by atoms with Crippen LogP contribution in [0.1, 0.15) is 0 Å². The number of hydrogen-bond donors (Lipinski definition) is 3. The number of rotatable bonds is 4. The van der Waals surface area contributed by atoms with Gasteiger partial charge in [0.15, 0.2) is 12.1 Å². The van der Waals surface area contributed by atoms with Crippen molar-refractivity contribution in [3.8, 4) is 0 Å². The smallest absolute Gasteiger partial charge is 0.331 e. The molecule has 1 aliphatic rings. The van der Waals surface area contributed by atoms with E-state index in [1.807, 2.05) is 0 Å². The number of aliphatic carboxylic acids is 1. The number of carbonyl (C=O) groups excluding carboxylic acids is 2. The fraction of sp³-hybridized carbons (Fsp3) is 0.700. The molecule has 19 heavy (non-hydrogen) atoms. The molecule has 2 unspecified atom stereocenters. The standard InChI is InChI=1S/C10H16N2O7/c1-18-9(16)7-5-19-3-2-12(7)10(17)11-6(4-13)8(14)15/h6-7,13H,2-5H2,1H3,(H,11,17)(H,14,15). The van der Waals surface area contributed by atoms with Crippen LogP contribution in [0.5, 0.6) is 0 Å². The fourth-order valence-electron chi connectivity index (χ4n) is 1.60. The molecule has 108 valence electrons. The SMILES string of the molecule is COC(=O)C1COCCN1C(=O)NC(CO)C(=O)O. The van der Waals surface area contributed by atoms with E-state index in [4.69, 9.17) is 14.9 Å². The van der Waals surface area contributed by atoms with E-state index in [2.05, 4.69) is 10.1 Å². The number of nitrogens with one attached hydrogen (secondary N) is 1. The van der Waals surface area contributed by atoms with E-state index in [1.165, 1.54) is 7.11 Å². The maximum atomic E-state index is 11.9. The van der Waals surface area contributed by atoms with Crippen LogP contribution in [0.4, 0.5) is 4.79 Å². The molecular formula is C10H16N2O7. The second kappa shape index (κ2) is 6.90. The Labute approximate surface area is 109 Å². The Balaban J connectivity index is 2.71. The van der Waals surface area contributed by atoms with Crippen LogP contribution in [0.3, 0.4) is 0 Å². The van der Waals surface area contributed by atoms with Crippen LogP contribution in [-0.4, -0.2) is 78.6 Å². The molecule has 1 saturated heterocycles. The van der Waals surface area contributed by atoms with Crippen LogP contribution in [0.25, 0.3) is 0 Å². The summed E-state index contributed by atoms with van der Waals surface area (Å²) in [4.78, 5) is 35.2. The number of urea groups is 1. The highest BCUT2D eigenvalue weighted by molar-refractivity contribution is 5.87. The van der Waals surface area contributed by atoms with Crippen LogP contribution < -0.4 is 5.32 Å². The maximum Gasteiger partial charge on any atom is 0.331 e. The molecule has 0 bridgehead atoms. The third-order valence-electron chi connectivity index (χ3n) is 2.64. The van der Waals surface area contributed by atoms with Crippen molar-refractivity contribution in [1.82, 2.24) is 10.2 Å². The Hall–Kier alpha value is -1.87. The van der Waals surface area contributed by atoms with E-state index in [9.17, 15) is 14.4 Å². The van der Waals surface area contributed by atoms with Crippen molar-refractivity contribution in [3.05, 3.63) is 0 Å². The van der Waals surface area contributed by atoms with Crippen molar-refractivity contribution in [1.29, 1.82) is 0 Å². The van der Waals surface area contributed by atoms with Gasteiger partial charge in [0.1, 0.15) is 0 Å². The van der Waals surface area contributed by atoms with Gasteiger partial charge < -0.3 is 29.9 Å². The summed E-state index contributed by atoms with van der Waals surface area (Å²) in [5, 5.41) is 19.7. The summed E-state index contributed by atoms with van der Waals surface area (Å²) in [6.07, 6.45) is 0. The van der Waals surface area contributed by atoms with Crippen LogP contribution in [-0.2, 0) is 19.1 Å². The van der Waals surface area contributed by atoms with Gasteiger partial charge in [-0.05, 0) is 0 Å². The van der Waals surface area contributed by atoms with Gasteiger partial charge in [0.05, 0.1) is 26.9 Å². The van der Waals surface area contributed by atoms with Gasteiger partial charge in [0, 0.05) is 6.54 Å². The lowest BCUT2D eigenvalue weighted by atomic mass is 10.2. The first kappa shape index (κ1) is 15.2. The van der Waals surface area contributed by atoms with Gasteiger partial charge in [-0.2, -0.15) is 0 Å². The van der Waals surface area contributed by atoms with E-state index in [0.717, 1.165) is 4.90 Å². The second-order valence-corrected chi connectivity index (χ2v) is 3.83. The summed E-state index contributed by atoms with van der Waals surface area (Å²) in [6.45, 7) is -0.396. The molecule has 1 fully saturated rings. The number of hydrogen-bond acceptors (Lipinski definition) is 6. The van der Waals surface area contributed by atoms with E-state index in [-0.39, 0.29) is 19.8 Å². The normalized spacial score (nSPS) is 20.5. The first-order valence-electron chi connectivity index (χ1n) is 5.57. The highest BCUT2D eigenvalue weighted by Gasteiger charge is 2.35. The third kappa shape index (κ3) is 3.80. The van der Waals surface area contributed by atoms with Crippen LogP contribution >= 0.6 is 0 Å². The molecule has 0 aromatic heterocycles. The van der Waals surface area contributed by atoms with E-state index in [0.29, 0.717) is 0 Å². The number of esters is 1. The van der Waals surface area contributed by atoms with Crippen molar-refractivity contribution < 1.29 is 34.1 Å². The topological polar surface area (TPSA) is 125 Å². The molecule has 1 aliphatic heterocycles. The van der Waals surface area contributed by atoms with Crippen LogP contribution in [0.15, 0.2) is 0 Å². The lowest BCUT2D eigenvalue weighted by Crippen LogP contribution is -2.58. The van der Waals surface area contributed by atoms with Crippen LogP contribution in [0, 0.1) is 0 Å². The number of ether oxygens (including phenoxy) is 2. The minimum atomic E-state index is -1.42. The molecule has 1 rings (SSSR count). The van der Waals surface area contributed by atoms with Gasteiger partial charge in [-0.3, -0.25) is 0 Å². The number of amides is 2. The Bertz CT molecular complexity index is 360. The fourth-order valence-corrected chi connectivity index (χ4v) is 1.60. The van der Waals surface area contributed by atoms with E-state index >= 15 is 0 Å². The average Bonchev–Trinajstić information content (AvgIpc) is 2.43. The molecule has 0 spiro atoms. The quantitative estimate of drug-likeness (QED) is 0.508. The molecular weight excluding hydrogens is 260 g/mol. The Kier molecular flexibility index (Phi) is 5.52. The Morgan fingerprint density at radius 1 is 1.53 bits per heavy atom. The molecule has 1 heterocycles. The van der Waals surface area contributed by atoms with Gasteiger partial charge in [-0.25, -0.2) is 14.4 Å². The lowest BCUT2D eigenvalue weighted by molar-refractivity contribution is -0.151. The van der Waals surface area contributed by atoms with Gasteiger partial charge in [-0.15, -0.1) is 0 Å². The Morgan fingerprint density at radius 3 is 2.74 bits per heavy atom. The molecule has 9 heteroatoms. The number of carboxylic acid groups (broad SMARTS) is 1. The molecule has 0 radical (unpaired) electrons. The van der Waals surface area contributed by atoms with Crippen molar-refractivity contribution in [2.45, 2.75) is 12.1 Å². The first-order chi connectivity index (χ1) is 9.01. The number of morpholine rings is 1. The number of carboxylic acids is 1. The summed E-state index contributed by atoms with van der Waals surface area (Å²) in [6, 6.07) is -3.11. The van der Waals surface area contributed by atoms with Gasteiger partial charge in [0.2, 0.25) is 0 Å². The van der Waals surface area contributed by atoms with Crippen molar-refractivity contribution in [3.63, 3.8) is 0 Å². The number of aliphatic hydroxyl groups excluding tert-OH is 1. The summed E-state index contributed by atoms with van der Waals surface area (Å²) < 4.78 is 9.62. The van der Waals surface area contributed by atoms with E-state index in [1.54, 1.807) is 0 Å². The zero-order chi connectivity index (χ0) is 14.4. The minimum Gasteiger partial charge on any atom is -0.480 e. The predicted molar refractivity (Wildman–Crippen MR) is 60.4 cm³/mol. The minimum absolute atomic E-state index is 0.0169. The van der Waals surface area contributed by atoms with Crippen molar-refractivity contribution >= 4 is 18.0 Å². The van der Waals surface area contributed by atoms with E-state index < -0.39 is 36.7 Å². The highest BCUT2D eigenvalue weighted by Crippen LogP contribution is 2.09. The lowest BCUT2D eigenvalue weighted by Gasteiger charge is -2.34. The molecule has 2 atom stereocenters. The number of aliphatic hydroxyl groups is 1. The summed E-state index contributed by atoms with van der Waals surface area (Å²) in [5.74, 6) is -2.01. The third-order valence-corrected chi connectivity index (χ3v) is 2.64. The average molecular weight is 276 g/mol. The number of nitrogens with zero attached hydrogens (tertiary/aromatic N) is 1. The zero-order valence-corrected chi connectivity index (χ0v) is 10.4. The van der Waals surface area contributed by atoms with Crippen LogP contribution in [0.2, 0.25) is 0 Å². The largest absolute Gasteiger partial charge is 0.480 e. The predicted octanol–water partition coefficient (Wildman–Crippen LogP) is -1.98.